The smallest absolute Gasteiger partial charge is 0.433 e. The molecule has 4 heteroatoms. The van der Waals surface area contributed by atoms with Gasteiger partial charge >= 0.3 is 6.09 Å². The largest absolute Gasteiger partial charge is 0.448 e. The molecule has 1 unspecified atom stereocenters. The molecule has 0 aliphatic carbocycles. The summed E-state index contributed by atoms with van der Waals surface area (Å²) >= 11 is 0. The second-order valence-corrected chi connectivity index (χ2v) is 5.84. The number of carbonyl (C=O) groups is 1. The summed E-state index contributed by atoms with van der Waals surface area (Å²) in [6, 6.07) is 8.52. The summed E-state index contributed by atoms with van der Waals surface area (Å²) in [6.45, 7) is 4.36. The molecular formula is C15H22NO2P. The van der Waals surface area contributed by atoms with Gasteiger partial charge in [-0.15, -0.1) is 8.58 Å². The van der Waals surface area contributed by atoms with Crippen LogP contribution in [0.25, 0.3) is 0 Å². The van der Waals surface area contributed by atoms with Gasteiger partial charge in [-0.2, -0.15) is 4.99 Å². The van der Waals surface area contributed by atoms with Crippen molar-refractivity contribution in [2.75, 3.05) is 18.9 Å². The first-order chi connectivity index (χ1) is 9.26. The molecule has 1 aromatic rings. The summed E-state index contributed by atoms with van der Waals surface area (Å²) in [7, 11) is 1.06. The minimum atomic E-state index is -0.514. The van der Waals surface area contributed by atoms with Crippen LogP contribution in [-0.4, -0.2) is 31.2 Å². The first-order valence-corrected chi connectivity index (χ1v) is 8.15. The second kappa shape index (κ2) is 9.69. The number of benzene rings is 1. The molecule has 0 heterocycles. The normalized spacial score (nSPS) is 11.5. The van der Waals surface area contributed by atoms with Crippen LogP contribution in [0.4, 0.5) is 4.79 Å². The van der Waals surface area contributed by atoms with Crippen LogP contribution in [0.2, 0.25) is 0 Å². The van der Waals surface area contributed by atoms with Crippen LogP contribution in [0.1, 0.15) is 25.0 Å². The first-order valence-electron chi connectivity index (χ1n) is 6.74. The summed E-state index contributed by atoms with van der Waals surface area (Å²) < 4.78 is 4.72. The Balaban J connectivity index is 2.37. The van der Waals surface area contributed by atoms with E-state index in [1.54, 1.807) is 13.1 Å². The maximum Gasteiger partial charge on any atom is 0.433 e. The third-order valence-electron chi connectivity index (χ3n) is 2.65. The van der Waals surface area contributed by atoms with Gasteiger partial charge in [0.15, 0.2) is 0 Å². The monoisotopic (exact) mass is 279 g/mol. The minimum Gasteiger partial charge on any atom is -0.448 e. The predicted molar refractivity (Wildman–Crippen MR) is 83.1 cm³/mol. The molecule has 1 atom stereocenters. The molecule has 0 radical (unpaired) electrons. The van der Waals surface area contributed by atoms with Crippen molar-refractivity contribution in [1.82, 2.24) is 0 Å². The van der Waals surface area contributed by atoms with E-state index < -0.39 is 6.09 Å². The molecule has 1 aromatic carbocycles. The molecule has 0 aliphatic rings. The first kappa shape index (κ1) is 15.8. The number of rotatable bonds is 7. The van der Waals surface area contributed by atoms with Crippen LogP contribution in [-0.2, 0) is 17.6 Å². The van der Waals surface area contributed by atoms with Crippen LogP contribution >= 0.6 is 8.58 Å². The maximum atomic E-state index is 11.0. The number of hydrogen-bond donors (Lipinski definition) is 0. The van der Waals surface area contributed by atoms with Gasteiger partial charge in [0.1, 0.15) is 0 Å². The Kier molecular flexibility index (Phi) is 8.08. The van der Waals surface area contributed by atoms with Gasteiger partial charge in [-0.1, -0.05) is 31.2 Å². The molecule has 1 amide bonds. The van der Waals surface area contributed by atoms with Gasteiger partial charge in [-0.05, 0) is 36.8 Å². The van der Waals surface area contributed by atoms with Gasteiger partial charge in [0.05, 0.1) is 6.61 Å². The quantitative estimate of drug-likeness (QED) is 0.433. The number of aryl methyl sites for hydroxylation is 1. The Morgan fingerprint density at radius 1 is 1.26 bits per heavy atom. The highest BCUT2D eigenvalue weighted by Crippen LogP contribution is 2.13. The van der Waals surface area contributed by atoms with E-state index in [2.05, 4.69) is 36.2 Å². The molecule has 0 saturated carbocycles. The van der Waals surface area contributed by atoms with E-state index in [1.165, 1.54) is 17.9 Å². The Morgan fingerprint density at radius 2 is 1.95 bits per heavy atom. The standard InChI is InChI=1S/C15H22NO2P/c1-3-18-15(17)16-11-9-13-5-7-14(8-6-13)10-12-19-4-2/h5-8,11,19H,3-4,9-10,12H2,1-2H3. The third kappa shape index (κ3) is 7.07. The second-order valence-electron chi connectivity index (χ2n) is 4.13. The molecule has 0 aliphatic heterocycles. The molecular weight excluding hydrogens is 257 g/mol. The SMILES string of the molecule is CCOC(=O)N=CCc1ccc(CCPCC)cc1. The molecule has 0 spiro atoms. The Hall–Kier alpha value is -1.21. The van der Waals surface area contributed by atoms with Crippen molar-refractivity contribution < 1.29 is 9.53 Å². The Bertz CT molecular complexity index is 401. The van der Waals surface area contributed by atoms with Crippen molar-refractivity contribution in [2.45, 2.75) is 26.7 Å². The molecule has 104 valence electrons. The van der Waals surface area contributed by atoms with Crippen LogP contribution in [0.5, 0.6) is 0 Å². The lowest BCUT2D eigenvalue weighted by molar-refractivity contribution is 0.163. The zero-order valence-corrected chi connectivity index (χ0v) is 12.7. The van der Waals surface area contributed by atoms with Gasteiger partial charge in [0.2, 0.25) is 0 Å². The van der Waals surface area contributed by atoms with Gasteiger partial charge in [0.25, 0.3) is 0 Å². The highest BCUT2D eigenvalue weighted by Gasteiger charge is 1.96. The number of aliphatic imine (C=N–C) groups is 1. The third-order valence-corrected chi connectivity index (χ3v) is 3.76. The topological polar surface area (TPSA) is 38.7 Å². The van der Waals surface area contributed by atoms with E-state index in [0.29, 0.717) is 13.0 Å². The molecule has 3 nitrogen and oxygen atoms in total. The molecule has 0 saturated heterocycles. The van der Waals surface area contributed by atoms with E-state index in [1.807, 2.05) is 0 Å². The van der Waals surface area contributed by atoms with E-state index in [-0.39, 0.29) is 0 Å². The predicted octanol–water partition coefficient (Wildman–Crippen LogP) is 3.70. The van der Waals surface area contributed by atoms with Gasteiger partial charge in [0, 0.05) is 12.6 Å². The summed E-state index contributed by atoms with van der Waals surface area (Å²) in [5.41, 5.74) is 2.54. The lowest BCUT2D eigenvalue weighted by atomic mass is 10.1. The molecule has 0 aromatic heterocycles. The van der Waals surface area contributed by atoms with Crippen molar-refractivity contribution in [2.24, 2.45) is 4.99 Å². The lowest BCUT2D eigenvalue weighted by Gasteiger charge is -2.02. The van der Waals surface area contributed by atoms with Crippen molar-refractivity contribution in [3.8, 4) is 0 Å². The average Bonchev–Trinajstić information content (AvgIpc) is 2.41. The summed E-state index contributed by atoms with van der Waals surface area (Å²) in [5.74, 6) is 0. The minimum absolute atomic E-state index is 0.364. The van der Waals surface area contributed by atoms with Crippen LogP contribution in [0.3, 0.4) is 0 Å². The molecule has 19 heavy (non-hydrogen) atoms. The van der Waals surface area contributed by atoms with E-state index in [9.17, 15) is 4.79 Å². The van der Waals surface area contributed by atoms with Gasteiger partial charge < -0.3 is 4.74 Å². The highest BCUT2D eigenvalue weighted by atomic mass is 31.1. The van der Waals surface area contributed by atoms with Crippen LogP contribution < -0.4 is 0 Å². The number of amides is 1. The van der Waals surface area contributed by atoms with Gasteiger partial charge in [-0.25, -0.2) is 4.79 Å². The van der Waals surface area contributed by atoms with Crippen molar-refractivity contribution in [3.05, 3.63) is 35.4 Å². The number of carbonyl (C=O) groups excluding carboxylic acids is 1. The van der Waals surface area contributed by atoms with Crippen LogP contribution in [0, 0.1) is 0 Å². The fourth-order valence-corrected chi connectivity index (χ4v) is 2.46. The number of hydrogen-bond acceptors (Lipinski definition) is 2. The molecule has 0 N–H and O–H groups in total. The molecule has 0 bridgehead atoms. The molecule has 0 fully saturated rings. The van der Waals surface area contributed by atoms with E-state index in [0.717, 1.165) is 20.6 Å². The fourth-order valence-electron chi connectivity index (χ4n) is 1.64. The van der Waals surface area contributed by atoms with Crippen molar-refractivity contribution in [1.29, 1.82) is 0 Å². The zero-order chi connectivity index (χ0) is 13.9. The lowest BCUT2D eigenvalue weighted by Crippen LogP contribution is -1.98. The Labute approximate surface area is 117 Å². The number of nitrogens with zero attached hydrogens (tertiary/aromatic N) is 1. The fraction of sp³-hybridized carbons (Fsp3) is 0.467. The number of ether oxygens (including phenoxy) is 1. The van der Waals surface area contributed by atoms with Gasteiger partial charge in [-0.3, -0.25) is 0 Å². The summed E-state index contributed by atoms with van der Waals surface area (Å²) in [6.07, 6.45) is 5.47. The Morgan fingerprint density at radius 3 is 2.58 bits per heavy atom. The zero-order valence-electron chi connectivity index (χ0n) is 11.7. The average molecular weight is 279 g/mol. The maximum absolute atomic E-state index is 11.0. The van der Waals surface area contributed by atoms with Crippen LogP contribution in [0.15, 0.2) is 29.3 Å². The van der Waals surface area contributed by atoms with Crippen molar-refractivity contribution >= 4 is 20.9 Å². The molecule has 1 rings (SSSR count). The van der Waals surface area contributed by atoms with Crippen molar-refractivity contribution in [3.63, 3.8) is 0 Å². The van der Waals surface area contributed by atoms with E-state index in [4.69, 9.17) is 4.74 Å². The summed E-state index contributed by atoms with van der Waals surface area (Å²) in [5, 5.41) is 0. The van der Waals surface area contributed by atoms with E-state index >= 15 is 0 Å². The highest BCUT2D eigenvalue weighted by molar-refractivity contribution is 7.37. The summed E-state index contributed by atoms with van der Waals surface area (Å²) in [4.78, 5) is 14.7.